The summed E-state index contributed by atoms with van der Waals surface area (Å²) < 4.78 is 0. The van der Waals surface area contributed by atoms with Crippen LogP contribution < -0.4 is 0 Å². The average Bonchev–Trinajstić information content (AvgIpc) is 2.94. The van der Waals surface area contributed by atoms with E-state index in [-0.39, 0.29) is 0 Å². The fourth-order valence-corrected chi connectivity index (χ4v) is 3.00. The van der Waals surface area contributed by atoms with Crippen molar-refractivity contribution >= 4 is 23.4 Å². The Bertz CT molecular complexity index is 755. The number of aromatic nitrogens is 3. The van der Waals surface area contributed by atoms with Gasteiger partial charge in [-0.15, -0.1) is 5.10 Å². The topological polar surface area (TPSA) is 41.6 Å². The summed E-state index contributed by atoms with van der Waals surface area (Å²) in [4.78, 5) is 4.54. The number of benzene rings is 2. The maximum absolute atomic E-state index is 5.98. The highest BCUT2D eigenvalue weighted by Gasteiger charge is 2.08. The van der Waals surface area contributed by atoms with Gasteiger partial charge in [0.2, 0.25) is 5.16 Å². The highest BCUT2D eigenvalue weighted by molar-refractivity contribution is 7.98. The summed E-state index contributed by atoms with van der Waals surface area (Å²) in [5.41, 5.74) is 3.43. The van der Waals surface area contributed by atoms with E-state index in [1.807, 2.05) is 42.5 Å². The first kappa shape index (κ1) is 14.2. The number of thioether (sulfide) groups is 1. The number of aryl methyl sites for hydroxylation is 1. The fourth-order valence-electron chi connectivity index (χ4n) is 2.04. The Labute approximate surface area is 132 Å². The predicted octanol–water partition coefficient (Wildman–Crippen LogP) is 4.73. The molecule has 0 atom stereocenters. The number of nitrogens with one attached hydrogen (secondary N) is 1. The number of hydrogen-bond acceptors (Lipinski definition) is 3. The van der Waals surface area contributed by atoms with Crippen LogP contribution in [0, 0.1) is 6.92 Å². The standard InChI is InChI=1S/C16H14ClN3S/c1-11-5-2-3-8-14(11)15-18-16(20-19-15)21-10-12-6-4-7-13(17)9-12/h2-9H,10H2,1H3,(H,18,19,20). The van der Waals surface area contributed by atoms with E-state index >= 15 is 0 Å². The van der Waals surface area contributed by atoms with Gasteiger partial charge in [-0.1, -0.05) is 59.8 Å². The molecule has 106 valence electrons. The average molecular weight is 316 g/mol. The van der Waals surface area contributed by atoms with Crippen molar-refractivity contribution in [2.75, 3.05) is 0 Å². The van der Waals surface area contributed by atoms with Gasteiger partial charge in [0, 0.05) is 16.3 Å². The highest BCUT2D eigenvalue weighted by atomic mass is 35.5. The Kier molecular flexibility index (Phi) is 4.27. The second kappa shape index (κ2) is 6.33. The summed E-state index contributed by atoms with van der Waals surface area (Å²) in [5.74, 6) is 1.60. The molecule has 0 radical (unpaired) electrons. The molecule has 0 spiro atoms. The van der Waals surface area contributed by atoms with Gasteiger partial charge < -0.3 is 0 Å². The van der Waals surface area contributed by atoms with Gasteiger partial charge in [0.05, 0.1) is 0 Å². The molecule has 0 aliphatic carbocycles. The number of nitrogens with zero attached hydrogens (tertiary/aromatic N) is 2. The van der Waals surface area contributed by atoms with E-state index in [1.165, 1.54) is 5.56 Å². The SMILES string of the molecule is Cc1ccccc1-c1nc(SCc2cccc(Cl)c2)n[nH]1. The second-order valence-corrected chi connectivity index (χ2v) is 6.08. The van der Waals surface area contributed by atoms with Crippen molar-refractivity contribution < 1.29 is 0 Å². The molecule has 5 heteroatoms. The van der Waals surface area contributed by atoms with Crippen LogP contribution in [-0.4, -0.2) is 15.2 Å². The van der Waals surface area contributed by atoms with Gasteiger partial charge in [0.15, 0.2) is 5.82 Å². The van der Waals surface area contributed by atoms with E-state index in [0.717, 1.165) is 32.9 Å². The number of hydrogen-bond donors (Lipinski definition) is 1. The normalized spacial score (nSPS) is 10.8. The Morgan fingerprint density at radius 2 is 2.00 bits per heavy atom. The van der Waals surface area contributed by atoms with Gasteiger partial charge in [-0.25, -0.2) is 4.98 Å². The Morgan fingerprint density at radius 3 is 2.81 bits per heavy atom. The molecule has 2 aromatic carbocycles. The molecule has 0 unspecified atom stereocenters. The summed E-state index contributed by atoms with van der Waals surface area (Å²) in [6.45, 7) is 2.07. The second-order valence-electron chi connectivity index (χ2n) is 4.70. The minimum atomic E-state index is 0.744. The van der Waals surface area contributed by atoms with Crippen molar-refractivity contribution in [3.63, 3.8) is 0 Å². The largest absolute Gasteiger partial charge is 0.258 e. The monoisotopic (exact) mass is 315 g/mol. The lowest BCUT2D eigenvalue weighted by Gasteiger charge is -2.00. The Balaban J connectivity index is 1.72. The minimum Gasteiger partial charge on any atom is -0.258 e. The van der Waals surface area contributed by atoms with Crippen molar-refractivity contribution in [1.29, 1.82) is 0 Å². The molecule has 3 rings (SSSR count). The molecule has 3 aromatic rings. The van der Waals surface area contributed by atoms with E-state index in [1.54, 1.807) is 11.8 Å². The molecule has 0 fully saturated rings. The van der Waals surface area contributed by atoms with Crippen LogP contribution in [0.1, 0.15) is 11.1 Å². The molecule has 3 nitrogen and oxygen atoms in total. The van der Waals surface area contributed by atoms with Gasteiger partial charge in [0.1, 0.15) is 0 Å². The molecule has 0 saturated carbocycles. The van der Waals surface area contributed by atoms with Gasteiger partial charge in [-0.3, -0.25) is 5.10 Å². The van der Waals surface area contributed by atoms with Crippen LogP contribution in [-0.2, 0) is 5.75 Å². The van der Waals surface area contributed by atoms with E-state index in [4.69, 9.17) is 11.6 Å². The van der Waals surface area contributed by atoms with E-state index in [9.17, 15) is 0 Å². The van der Waals surface area contributed by atoms with E-state index < -0.39 is 0 Å². The van der Waals surface area contributed by atoms with Crippen LogP contribution in [0.3, 0.4) is 0 Å². The van der Waals surface area contributed by atoms with Gasteiger partial charge >= 0.3 is 0 Å². The van der Waals surface area contributed by atoms with Crippen molar-refractivity contribution in [1.82, 2.24) is 15.2 Å². The number of rotatable bonds is 4. The van der Waals surface area contributed by atoms with Crippen LogP contribution in [0.4, 0.5) is 0 Å². The molecule has 0 aliphatic heterocycles. The molecule has 1 aromatic heterocycles. The van der Waals surface area contributed by atoms with Gasteiger partial charge in [-0.2, -0.15) is 0 Å². The third kappa shape index (κ3) is 3.46. The van der Waals surface area contributed by atoms with Crippen molar-refractivity contribution in [3.8, 4) is 11.4 Å². The van der Waals surface area contributed by atoms with Crippen LogP contribution in [0.25, 0.3) is 11.4 Å². The molecule has 1 N–H and O–H groups in total. The van der Waals surface area contributed by atoms with Crippen LogP contribution in [0.15, 0.2) is 53.7 Å². The number of aromatic amines is 1. The smallest absolute Gasteiger partial charge is 0.209 e. The lowest BCUT2D eigenvalue weighted by molar-refractivity contribution is 0.973. The third-order valence-corrected chi connectivity index (χ3v) is 4.28. The summed E-state index contributed by atoms with van der Waals surface area (Å²) in [7, 11) is 0. The van der Waals surface area contributed by atoms with Gasteiger partial charge in [0.25, 0.3) is 0 Å². The van der Waals surface area contributed by atoms with Crippen molar-refractivity contribution in [2.24, 2.45) is 0 Å². The van der Waals surface area contributed by atoms with Crippen molar-refractivity contribution in [2.45, 2.75) is 17.8 Å². The summed E-state index contributed by atoms with van der Waals surface area (Å²) in [6.07, 6.45) is 0. The van der Waals surface area contributed by atoms with Crippen LogP contribution in [0.5, 0.6) is 0 Å². The van der Waals surface area contributed by atoms with Crippen molar-refractivity contribution in [3.05, 3.63) is 64.7 Å². The quantitative estimate of drug-likeness (QED) is 0.708. The molecular weight excluding hydrogens is 302 g/mol. The molecule has 21 heavy (non-hydrogen) atoms. The van der Waals surface area contributed by atoms with Crippen LogP contribution in [0.2, 0.25) is 5.02 Å². The zero-order chi connectivity index (χ0) is 14.7. The zero-order valence-corrected chi connectivity index (χ0v) is 13.1. The Morgan fingerprint density at radius 1 is 1.14 bits per heavy atom. The lowest BCUT2D eigenvalue weighted by atomic mass is 10.1. The highest BCUT2D eigenvalue weighted by Crippen LogP contribution is 2.24. The molecule has 0 bridgehead atoms. The summed E-state index contributed by atoms with van der Waals surface area (Å²) in [5, 5.41) is 8.76. The van der Waals surface area contributed by atoms with E-state index in [2.05, 4.69) is 28.2 Å². The zero-order valence-electron chi connectivity index (χ0n) is 11.5. The maximum atomic E-state index is 5.98. The number of halogens is 1. The lowest BCUT2D eigenvalue weighted by Crippen LogP contribution is -1.84. The molecule has 0 amide bonds. The van der Waals surface area contributed by atoms with Gasteiger partial charge in [-0.05, 0) is 30.2 Å². The first-order valence-corrected chi connectivity index (χ1v) is 7.94. The predicted molar refractivity (Wildman–Crippen MR) is 87.6 cm³/mol. The Hall–Kier alpha value is -1.78. The summed E-state index contributed by atoms with van der Waals surface area (Å²) in [6, 6.07) is 16.0. The molecular formula is C16H14ClN3S. The fraction of sp³-hybridized carbons (Fsp3) is 0.125. The third-order valence-electron chi connectivity index (χ3n) is 3.12. The molecule has 1 heterocycles. The maximum Gasteiger partial charge on any atom is 0.209 e. The first-order chi connectivity index (χ1) is 10.2. The molecule has 0 saturated heterocycles. The van der Waals surface area contributed by atoms with Crippen LogP contribution >= 0.6 is 23.4 Å². The molecule has 0 aliphatic rings. The first-order valence-electron chi connectivity index (χ1n) is 6.58. The van der Waals surface area contributed by atoms with E-state index in [0.29, 0.717) is 0 Å². The summed E-state index contributed by atoms with van der Waals surface area (Å²) >= 11 is 7.57. The minimum absolute atomic E-state index is 0.744. The number of H-pyrrole nitrogens is 1.